The van der Waals surface area contributed by atoms with E-state index in [9.17, 15) is 4.79 Å². The van der Waals surface area contributed by atoms with Crippen LogP contribution in [-0.2, 0) is 14.3 Å². The van der Waals surface area contributed by atoms with Crippen molar-refractivity contribution >= 4 is 14.8 Å². The third-order valence-corrected chi connectivity index (χ3v) is 5.85. The van der Waals surface area contributed by atoms with Gasteiger partial charge in [0.05, 0.1) is 26.7 Å². The van der Waals surface area contributed by atoms with Gasteiger partial charge in [0, 0.05) is 6.61 Å². The molecule has 1 aliphatic rings. The second kappa shape index (κ2) is 4.94. The zero-order chi connectivity index (χ0) is 11.5. The lowest BCUT2D eigenvalue weighted by molar-refractivity contribution is -0.139. The molecule has 1 unspecified atom stereocenters. The van der Waals surface area contributed by atoms with Gasteiger partial charge in [0.1, 0.15) is 0 Å². The van der Waals surface area contributed by atoms with E-state index in [1.54, 1.807) is 0 Å². The Bertz CT molecular complexity index is 255. The molecule has 0 bridgehead atoms. The van der Waals surface area contributed by atoms with Crippen molar-refractivity contribution in [1.82, 2.24) is 0 Å². The molecule has 1 saturated heterocycles. The highest BCUT2D eigenvalue weighted by Gasteiger charge is 2.43. The summed E-state index contributed by atoms with van der Waals surface area (Å²) in [5.74, 6) is -0.321. The molecule has 0 aromatic heterocycles. The maximum Gasteiger partial charge on any atom is 0.335 e. The van der Waals surface area contributed by atoms with Gasteiger partial charge >= 0.3 is 5.97 Å². The van der Waals surface area contributed by atoms with Crippen molar-refractivity contribution in [2.24, 2.45) is 0 Å². The maximum absolute atomic E-state index is 11.5. The molecule has 0 spiro atoms. The summed E-state index contributed by atoms with van der Waals surface area (Å²) in [5.41, 5.74) is 0.520. The van der Waals surface area contributed by atoms with E-state index in [0.29, 0.717) is 5.57 Å². The summed E-state index contributed by atoms with van der Waals surface area (Å²) >= 11 is 0. The van der Waals surface area contributed by atoms with E-state index in [2.05, 4.69) is 19.7 Å². The predicted molar refractivity (Wildman–Crippen MR) is 62.6 cm³/mol. The van der Waals surface area contributed by atoms with Gasteiger partial charge in [-0.1, -0.05) is 19.7 Å². The van der Waals surface area contributed by atoms with Crippen molar-refractivity contribution in [3.05, 3.63) is 12.2 Å². The molecule has 1 aliphatic heterocycles. The van der Waals surface area contributed by atoms with Crippen molar-refractivity contribution in [3.63, 3.8) is 0 Å². The summed E-state index contributed by atoms with van der Waals surface area (Å²) in [5, 5.41) is -0.370. The topological polar surface area (TPSA) is 35.5 Å². The van der Waals surface area contributed by atoms with Crippen LogP contribution < -0.4 is 0 Å². The number of rotatable bonds is 3. The Labute approximate surface area is 93.1 Å². The molecule has 0 aliphatic carbocycles. The Balaban J connectivity index is 2.89. The van der Waals surface area contributed by atoms with Gasteiger partial charge in [0.25, 0.3) is 0 Å². The summed E-state index contributed by atoms with van der Waals surface area (Å²) in [7, 11) is 0.257. The molecule has 1 fully saturated rings. The first-order valence-electron chi connectivity index (χ1n) is 5.46. The number of hydrogen-bond acceptors (Lipinski definition) is 3. The largest absolute Gasteiger partial charge is 0.466 e. The van der Waals surface area contributed by atoms with E-state index >= 15 is 0 Å². The van der Waals surface area contributed by atoms with Crippen LogP contribution in [0.5, 0.6) is 0 Å². The van der Waals surface area contributed by atoms with Gasteiger partial charge in [0.15, 0.2) is 0 Å². The fourth-order valence-corrected chi connectivity index (χ4v) is 4.20. The van der Waals surface area contributed by atoms with Gasteiger partial charge in [-0.25, -0.2) is 4.79 Å². The van der Waals surface area contributed by atoms with Gasteiger partial charge < -0.3 is 9.47 Å². The Hall–Kier alpha value is -0.613. The van der Waals surface area contributed by atoms with E-state index in [-0.39, 0.29) is 11.2 Å². The van der Waals surface area contributed by atoms with E-state index in [0.717, 1.165) is 25.9 Å². The Morgan fingerprint density at radius 1 is 1.47 bits per heavy atom. The van der Waals surface area contributed by atoms with Gasteiger partial charge in [-0.05, 0) is 19.3 Å². The summed E-state index contributed by atoms with van der Waals surface area (Å²) in [6.45, 7) is 9.00. The molecule has 1 atom stereocenters. The first-order chi connectivity index (χ1) is 7.04. The average Bonchev–Trinajstić information content (AvgIpc) is 2.27. The van der Waals surface area contributed by atoms with Crippen LogP contribution in [-0.4, -0.2) is 33.7 Å². The SMILES string of the molecule is C=C(C(=O)OC)C1([SiH](C)C)CCCCO1. The quantitative estimate of drug-likeness (QED) is 0.419. The summed E-state index contributed by atoms with van der Waals surface area (Å²) in [6, 6.07) is 0. The van der Waals surface area contributed by atoms with Crippen molar-refractivity contribution in [3.8, 4) is 0 Å². The number of methoxy groups -OCH3 is 1. The highest BCUT2D eigenvalue weighted by Crippen LogP contribution is 2.34. The van der Waals surface area contributed by atoms with Crippen LogP contribution in [0.1, 0.15) is 19.3 Å². The fourth-order valence-electron chi connectivity index (χ4n) is 2.15. The second-order valence-corrected chi connectivity index (χ2v) is 7.56. The Kier molecular flexibility index (Phi) is 4.10. The maximum atomic E-state index is 11.5. The molecular formula is C11H20O3Si. The van der Waals surface area contributed by atoms with Crippen LogP contribution in [0.4, 0.5) is 0 Å². The Morgan fingerprint density at radius 3 is 2.53 bits per heavy atom. The molecular weight excluding hydrogens is 208 g/mol. The molecule has 15 heavy (non-hydrogen) atoms. The first-order valence-corrected chi connectivity index (χ1v) is 8.35. The minimum absolute atomic E-state index is 0.321. The number of hydrogen-bond donors (Lipinski definition) is 0. The number of ether oxygens (including phenoxy) is 2. The van der Waals surface area contributed by atoms with Gasteiger partial charge in [-0.2, -0.15) is 0 Å². The van der Waals surface area contributed by atoms with Crippen LogP contribution in [0, 0.1) is 0 Å². The smallest absolute Gasteiger partial charge is 0.335 e. The number of carbonyl (C=O) groups excluding carboxylic acids is 1. The molecule has 1 heterocycles. The average molecular weight is 228 g/mol. The monoisotopic (exact) mass is 228 g/mol. The van der Waals surface area contributed by atoms with Crippen LogP contribution in [0.2, 0.25) is 13.1 Å². The fraction of sp³-hybridized carbons (Fsp3) is 0.727. The normalized spacial score (nSPS) is 26.4. The molecule has 3 nitrogen and oxygen atoms in total. The molecule has 0 saturated carbocycles. The van der Waals surface area contributed by atoms with Gasteiger partial charge in [-0.3, -0.25) is 0 Å². The lowest BCUT2D eigenvalue weighted by Crippen LogP contribution is -2.50. The number of esters is 1. The van der Waals surface area contributed by atoms with E-state index in [1.165, 1.54) is 7.11 Å². The zero-order valence-electron chi connectivity index (χ0n) is 9.84. The predicted octanol–water partition coefficient (Wildman–Crippen LogP) is 1.68. The lowest BCUT2D eigenvalue weighted by atomic mass is 10.0. The molecule has 86 valence electrons. The second-order valence-electron chi connectivity index (χ2n) is 4.32. The molecule has 0 N–H and O–H groups in total. The molecule has 0 radical (unpaired) electrons. The van der Waals surface area contributed by atoms with Crippen molar-refractivity contribution in [2.45, 2.75) is 37.6 Å². The molecule has 0 amide bonds. The van der Waals surface area contributed by atoms with E-state index in [1.807, 2.05) is 0 Å². The van der Waals surface area contributed by atoms with E-state index in [4.69, 9.17) is 9.47 Å². The van der Waals surface area contributed by atoms with Crippen molar-refractivity contribution in [2.75, 3.05) is 13.7 Å². The third-order valence-electron chi connectivity index (χ3n) is 3.18. The highest BCUT2D eigenvalue weighted by atomic mass is 28.3. The lowest BCUT2D eigenvalue weighted by Gasteiger charge is -2.40. The molecule has 4 heteroatoms. The van der Waals surface area contributed by atoms with Gasteiger partial charge in [0.2, 0.25) is 0 Å². The standard InChI is InChI=1S/C11H20O3Si/c1-9(10(12)13-2)11(15(3)4)7-5-6-8-14-11/h15H,1,5-8H2,2-4H3. The minimum atomic E-state index is -1.14. The van der Waals surface area contributed by atoms with Crippen LogP contribution in [0.25, 0.3) is 0 Å². The first kappa shape index (κ1) is 12.5. The molecule has 0 aromatic carbocycles. The third kappa shape index (κ3) is 2.31. The zero-order valence-corrected chi connectivity index (χ0v) is 11.0. The Morgan fingerprint density at radius 2 is 2.13 bits per heavy atom. The molecule has 1 rings (SSSR count). The van der Waals surface area contributed by atoms with Crippen LogP contribution >= 0.6 is 0 Å². The van der Waals surface area contributed by atoms with Gasteiger partial charge in [-0.15, -0.1) is 0 Å². The summed E-state index contributed by atoms with van der Waals surface area (Å²) < 4.78 is 10.6. The van der Waals surface area contributed by atoms with Crippen LogP contribution in [0.15, 0.2) is 12.2 Å². The summed E-state index contributed by atoms with van der Waals surface area (Å²) in [6.07, 6.45) is 3.11. The number of carbonyl (C=O) groups is 1. The van der Waals surface area contributed by atoms with Crippen LogP contribution in [0.3, 0.4) is 0 Å². The van der Waals surface area contributed by atoms with Crippen molar-refractivity contribution in [1.29, 1.82) is 0 Å². The molecule has 0 aromatic rings. The van der Waals surface area contributed by atoms with E-state index < -0.39 is 8.80 Å². The van der Waals surface area contributed by atoms with Crippen molar-refractivity contribution < 1.29 is 14.3 Å². The highest BCUT2D eigenvalue weighted by molar-refractivity contribution is 6.61. The minimum Gasteiger partial charge on any atom is -0.466 e. The summed E-state index contributed by atoms with van der Waals surface area (Å²) in [4.78, 5) is 11.5.